The number of aromatic nitrogens is 5. The van der Waals surface area contributed by atoms with Gasteiger partial charge in [0.25, 0.3) is 0 Å². The van der Waals surface area contributed by atoms with Crippen molar-refractivity contribution in [3.05, 3.63) is 122 Å². The van der Waals surface area contributed by atoms with Crippen LogP contribution in [0.3, 0.4) is 0 Å². The summed E-state index contributed by atoms with van der Waals surface area (Å²) in [4.78, 5) is 14.0. The monoisotopic (exact) mass is 517 g/mol. The Bertz CT molecular complexity index is 2170. The standard InChI is InChI=1S/C34H23N5O/c1-38-30-14-7-11-27(34-36-18-19-40-34)32(30)37-33(38)23-15-16-26-25-10-2-3-13-29(25)39(31(26)21-23)24-9-6-8-22(20-24)28-12-4-5-17-35-28/h2-21H,1H3. The molecule has 0 aliphatic heterocycles. The third-order valence-corrected chi connectivity index (χ3v) is 7.57. The number of hydrogen-bond acceptors (Lipinski definition) is 4. The van der Waals surface area contributed by atoms with Gasteiger partial charge in [0.1, 0.15) is 17.6 Å². The van der Waals surface area contributed by atoms with Gasteiger partial charge in [-0.1, -0.05) is 54.6 Å². The van der Waals surface area contributed by atoms with Crippen LogP contribution < -0.4 is 0 Å². The van der Waals surface area contributed by atoms with Crippen molar-refractivity contribution >= 4 is 32.8 Å². The van der Waals surface area contributed by atoms with E-state index in [2.05, 4.69) is 98.9 Å². The molecule has 190 valence electrons. The molecule has 40 heavy (non-hydrogen) atoms. The van der Waals surface area contributed by atoms with Gasteiger partial charge in [0.2, 0.25) is 5.89 Å². The molecule has 6 heteroatoms. The highest BCUT2D eigenvalue weighted by atomic mass is 16.3. The molecule has 0 amide bonds. The van der Waals surface area contributed by atoms with Crippen LogP contribution in [-0.2, 0) is 7.05 Å². The van der Waals surface area contributed by atoms with Crippen LogP contribution in [0.5, 0.6) is 0 Å². The molecule has 0 fully saturated rings. The summed E-state index contributed by atoms with van der Waals surface area (Å²) in [6.45, 7) is 0. The van der Waals surface area contributed by atoms with Crippen molar-refractivity contribution in [2.24, 2.45) is 7.05 Å². The Balaban J connectivity index is 1.36. The summed E-state index contributed by atoms with van der Waals surface area (Å²) in [6, 6.07) is 35.8. The van der Waals surface area contributed by atoms with Crippen molar-refractivity contribution in [2.75, 3.05) is 0 Å². The lowest BCUT2D eigenvalue weighted by Gasteiger charge is -2.11. The third-order valence-electron chi connectivity index (χ3n) is 7.57. The second-order valence-electron chi connectivity index (χ2n) is 9.85. The molecule has 0 bridgehead atoms. The van der Waals surface area contributed by atoms with E-state index in [1.807, 2.05) is 36.5 Å². The van der Waals surface area contributed by atoms with Gasteiger partial charge in [0, 0.05) is 40.8 Å². The molecule has 0 saturated heterocycles. The molecule has 0 spiro atoms. The molecule has 0 aliphatic rings. The number of imidazole rings is 1. The fourth-order valence-electron chi connectivity index (χ4n) is 5.73. The maximum absolute atomic E-state index is 5.61. The highest BCUT2D eigenvalue weighted by Gasteiger charge is 2.18. The predicted molar refractivity (Wildman–Crippen MR) is 159 cm³/mol. The normalized spacial score (nSPS) is 11.6. The van der Waals surface area contributed by atoms with Gasteiger partial charge in [-0.05, 0) is 48.5 Å². The van der Waals surface area contributed by atoms with E-state index in [9.17, 15) is 0 Å². The first-order chi connectivity index (χ1) is 19.8. The predicted octanol–water partition coefficient (Wildman–Crippen LogP) is 8.05. The summed E-state index contributed by atoms with van der Waals surface area (Å²) in [5.41, 5.74) is 9.20. The number of rotatable bonds is 4. The van der Waals surface area contributed by atoms with E-state index in [0.29, 0.717) is 5.89 Å². The summed E-state index contributed by atoms with van der Waals surface area (Å²) in [6.07, 6.45) is 5.08. The van der Waals surface area contributed by atoms with E-state index >= 15 is 0 Å². The zero-order chi connectivity index (χ0) is 26.6. The van der Waals surface area contributed by atoms with Crippen LogP contribution in [0.25, 0.3) is 72.6 Å². The first-order valence-corrected chi connectivity index (χ1v) is 13.2. The molecule has 0 radical (unpaired) electrons. The second-order valence-corrected chi connectivity index (χ2v) is 9.85. The van der Waals surface area contributed by atoms with Crippen LogP contribution in [-0.4, -0.2) is 24.1 Å². The number of para-hydroxylation sites is 2. The molecule has 0 saturated carbocycles. The average Bonchev–Trinajstić information content (AvgIpc) is 3.74. The largest absolute Gasteiger partial charge is 0.444 e. The molecule has 4 aromatic carbocycles. The maximum Gasteiger partial charge on any atom is 0.228 e. The minimum atomic E-state index is 0.568. The SMILES string of the molecule is Cn1c(-c2ccc3c4ccccc4n(-c4cccc(-c5ccccn5)c4)c3c2)nc2c(-c3ncco3)cccc21. The topological polar surface area (TPSA) is 61.7 Å². The summed E-state index contributed by atoms with van der Waals surface area (Å²) >= 11 is 0. The smallest absolute Gasteiger partial charge is 0.228 e. The van der Waals surface area contributed by atoms with E-state index in [-0.39, 0.29) is 0 Å². The van der Waals surface area contributed by atoms with Crippen molar-refractivity contribution in [1.29, 1.82) is 0 Å². The van der Waals surface area contributed by atoms with Crippen molar-refractivity contribution in [3.63, 3.8) is 0 Å². The van der Waals surface area contributed by atoms with E-state index in [0.717, 1.165) is 56.0 Å². The third kappa shape index (κ3) is 3.39. The van der Waals surface area contributed by atoms with Gasteiger partial charge in [-0.25, -0.2) is 9.97 Å². The summed E-state index contributed by atoms with van der Waals surface area (Å²) in [5, 5.41) is 2.41. The number of nitrogens with zero attached hydrogens (tertiary/aromatic N) is 5. The molecule has 0 aliphatic carbocycles. The van der Waals surface area contributed by atoms with Crippen LogP contribution in [0, 0.1) is 0 Å². The van der Waals surface area contributed by atoms with Gasteiger partial charge < -0.3 is 13.6 Å². The van der Waals surface area contributed by atoms with Crippen LogP contribution in [0.1, 0.15) is 0 Å². The number of pyridine rings is 1. The number of aryl methyl sites for hydroxylation is 1. The lowest BCUT2D eigenvalue weighted by molar-refractivity contribution is 0.575. The summed E-state index contributed by atoms with van der Waals surface area (Å²) < 4.78 is 10.1. The molecule has 0 N–H and O–H groups in total. The zero-order valence-electron chi connectivity index (χ0n) is 21.7. The van der Waals surface area contributed by atoms with Gasteiger partial charge in [-0.15, -0.1) is 0 Å². The van der Waals surface area contributed by atoms with Gasteiger partial charge in [-0.3, -0.25) is 4.98 Å². The van der Waals surface area contributed by atoms with Gasteiger partial charge in [0.05, 0.1) is 34.0 Å². The Morgan fingerprint density at radius 3 is 2.38 bits per heavy atom. The molecular weight excluding hydrogens is 494 g/mol. The highest BCUT2D eigenvalue weighted by Crippen LogP contribution is 2.37. The summed E-state index contributed by atoms with van der Waals surface area (Å²) in [5.74, 6) is 1.45. The molecule has 4 heterocycles. The van der Waals surface area contributed by atoms with Crippen molar-refractivity contribution in [3.8, 4) is 39.8 Å². The highest BCUT2D eigenvalue weighted by molar-refractivity contribution is 6.10. The molecule has 0 unspecified atom stereocenters. The number of oxazole rings is 1. The van der Waals surface area contributed by atoms with Crippen LogP contribution in [0.2, 0.25) is 0 Å². The van der Waals surface area contributed by atoms with Crippen LogP contribution >= 0.6 is 0 Å². The fourth-order valence-corrected chi connectivity index (χ4v) is 5.73. The van der Waals surface area contributed by atoms with Gasteiger partial charge >= 0.3 is 0 Å². The molecular formula is C34H23N5O. The maximum atomic E-state index is 5.61. The van der Waals surface area contributed by atoms with E-state index in [1.165, 1.54) is 10.8 Å². The van der Waals surface area contributed by atoms with Crippen LogP contribution in [0.4, 0.5) is 0 Å². The molecule has 0 atom stereocenters. The Kier molecular flexibility index (Phi) is 4.94. The Hall–Kier alpha value is -5.49. The minimum absolute atomic E-state index is 0.568. The van der Waals surface area contributed by atoms with Gasteiger partial charge in [-0.2, -0.15) is 0 Å². The van der Waals surface area contributed by atoms with Crippen molar-refractivity contribution in [2.45, 2.75) is 0 Å². The molecule has 4 aromatic heterocycles. The van der Waals surface area contributed by atoms with Gasteiger partial charge in [0.15, 0.2) is 0 Å². The lowest BCUT2D eigenvalue weighted by Crippen LogP contribution is -1.96. The van der Waals surface area contributed by atoms with Crippen LogP contribution in [0.15, 0.2) is 126 Å². The minimum Gasteiger partial charge on any atom is -0.444 e. The van der Waals surface area contributed by atoms with Crippen molar-refractivity contribution < 1.29 is 4.42 Å². The fraction of sp³-hybridized carbons (Fsp3) is 0.0294. The lowest BCUT2D eigenvalue weighted by atomic mass is 10.1. The average molecular weight is 518 g/mol. The second kappa shape index (κ2) is 8.78. The first-order valence-electron chi connectivity index (χ1n) is 13.2. The van der Waals surface area contributed by atoms with Crippen molar-refractivity contribution in [1.82, 2.24) is 24.1 Å². The number of fused-ring (bicyclic) bond motifs is 4. The first kappa shape index (κ1) is 22.5. The quantitative estimate of drug-likeness (QED) is 0.237. The zero-order valence-corrected chi connectivity index (χ0v) is 21.7. The van der Waals surface area contributed by atoms with E-state index in [4.69, 9.17) is 9.40 Å². The Morgan fingerprint density at radius 2 is 1.50 bits per heavy atom. The van der Waals surface area contributed by atoms with E-state index in [1.54, 1.807) is 12.5 Å². The molecule has 6 nitrogen and oxygen atoms in total. The molecule has 8 aromatic rings. The number of benzene rings is 4. The molecule has 8 rings (SSSR count). The summed E-state index contributed by atoms with van der Waals surface area (Å²) in [7, 11) is 2.06. The Morgan fingerprint density at radius 1 is 0.650 bits per heavy atom. The van der Waals surface area contributed by atoms with E-state index < -0.39 is 0 Å². The number of hydrogen-bond donors (Lipinski definition) is 0. The Labute approximate surface area is 229 Å².